The van der Waals surface area contributed by atoms with E-state index >= 15 is 0 Å². The molecular weight excluding hydrogens is 190 g/mol. The number of esters is 1. The van der Waals surface area contributed by atoms with E-state index in [1.807, 2.05) is 26.0 Å². The van der Waals surface area contributed by atoms with Gasteiger partial charge in [0.25, 0.3) is 0 Å². The first-order valence-corrected chi connectivity index (χ1v) is 5.02. The summed E-state index contributed by atoms with van der Waals surface area (Å²) in [4.78, 5) is 10.8. The van der Waals surface area contributed by atoms with Crippen molar-refractivity contribution in [3.05, 3.63) is 29.3 Å². The molecule has 3 heteroatoms. The molecule has 0 saturated heterocycles. The highest BCUT2D eigenvalue weighted by molar-refractivity contribution is 5.69. The third-order valence-electron chi connectivity index (χ3n) is 2.12. The molecule has 0 amide bonds. The average Bonchev–Trinajstić information content (AvgIpc) is 2.09. The number of hydrogen-bond donors (Lipinski definition) is 1. The summed E-state index contributed by atoms with van der Waals surface area (Å²) in [6.45, 7) is 5.37. The highest BCUT2D eigenvalue weighted by Gasteiger charge is 2.05. The number of carbonyl (C=O) groups excluding carboxylic acids is 1. The summed E-state index contributed by atoms with van der Waals surface area (Å²) in [6, 6.07) is 5.72. The highest BCUT2D eigenvalue weighted by atomic mass is 16.5. The highest BCUT2D eigenvalue weighted by Crippen LogP contribution is 2.18. The lowest BCUT2D eigenvalue weighted by molar-refractivity contribution is -0.131. The van der Waals surface area contributed by atoms with Crippen LogP contribution in [0.1, 0.15) is 25.0 Å². The van der Waals surface area contributed by atoms with E-state index in [0.29, 0.717) is 5.75 Å². The number of rotatable bonds is 3. The van der Waals surface area contributed by atoms with E-state index < -0.39 is 0 Å². The summed E-state index contributed by atoms with van der Waals surface area (Å²) in [7, 11) is 0. The summed E-state index contributed by atoms with van der Waals surface area (Å²) < 4.78 is 5.01. The van der Waals surface area contributed by atoms with Gasteiger partial charge >= 0.3 is 5.97 Å². The van der Waals surface area contributed by atoms with Crippen LogP contribution in [-0.2, 0) is 11.2 Å². The Balaban J connectivity index is 2.89. The van der Waals surface area contributed by atoms with E-state index in [1.165, 1.54) is 12.5 Å². The van der Waals surface area contributed by atoms with Crippen molar-refractivity contribution in [2.45, 2.75) is 33.2 Å². The molecule has 0 heterocycles. The van der Waals surface area contributed by atoms with E-state index in [0.717, 1.165) is 12.0 Å². The van der Waals surface area contributed by atoms with Gasteiger partial charge in [-0.05, 0) is 43.5 Å². The molecule has 1 aromatic carbocycles. The van der Waals surface area contributed by atoms with Crippen LogP contribution in [0.15, 0.2) is 18.2 Å². The molecule has 1 atom stereocenters. The van der Waals surface area contributed by atoms with E-state index in [4.69, 9.17) is 10.5 Å². The molecule has 0 aromatic heterocycles. The maximum atomic E-state index is 10.8. The van der Waals surface area contributed by atoms with Gasteiger partial charge in [0, 0.05) is 13.0 Å². The quantitative estimate of drug-likeness (QED) is 0.607. The third kappa shape index (κ3) is 3.72. The van der Waals surface area contributed by atoms with Crippen LogP contribution in [0.3, 0.4) is 0 Å². The van der Waals surface area contributed by atoms with Gasteiger partial charge in [0.2, 0.25) is 0 Å². The van der Waals surface area contributed by atoms with E-state index in [-0.39, 0.29) is 12.0 Å². The predicted octanol–water partition coefficient (Wildman–Crippen LogP) is 1.81. The number of benzene rings is 1. The molecule has 82 valence electrons. The third-order valence-corrected chi connectivity index (χ3v) is 2.12. The molecule has 0 bridgehead atoms. The van der Waals surface area contributed by atoms with Gasteiger partial charge in [-0.15, -0.1) is 0 Å². The van der Waals surface area contributed by atoms with Crippen molar-refractivity contribution in [2.24, 2.45) is 5.73 Å². The molecule has 0 fully saturated rings. The predicted molar refractivity (Wildman–Crippen MR) is 59.8 cm³/mol. The van der Waals surface area contributed by atoms with Crippen molar-refractivity contribution < 1.29 is 9.53 Å². The first-order valence-electron chi connectivity index (χ1n) is 5.02. The van der Waals surface area contributed by atoms with Gasteiger partial charge in [0.1, 0.15) is 5.75 Å². The lowest BCUT2D eigenvalue weighted by Crippen LogP contribution is -2.18. The summed E-state index contributed by atoms with van der Waals surface area (Å²) in [5.41, 5.74) is 8.03. The number of aryl methyl sites for hydroxylation is 1. The van der Waals surface area contributed by atoms with Gasteiger partial charge in [0.15, 0.2) is 0 Å². The zero-order chi connectivity index (χ0) is 11.4. The molecule has 0 saturated carbocycles. The molecule has 0 aliphatic carbocycles. The fraction of sp³-hybridized carbons (Fsp3) is 0.417. The van der Waals surface area contributed by atoms with Crippen LogP contribution in [0.4, 0.5) is 0 Å². The molecule has 0 aliphatic rings. The van der Waals surface area contributed by atoms with Crippen molar-refractivity contribution in [1.29, 1.82) is 0 Å². The first kappa shape index (κ1) is 11.7. The van der Waals surface area contributed by atoms with Crippen LogP contribution < -0.4 is 10.5 Å². The van der Waals surface area contributed by atoms with Crippen molar-refractivity contribution in [3.63, 3.8) is 0 Å². The minimum absolute atomic E-state index is 0.108. The first-order chi connectivity index (χ1) is 6.99. The topological polar surface area (TPSA) is 52.3 Å². The summed E-state index contributed by atoms with van der Waals surface area (Å²) >= 11 is 0. The van der Waals surface area contributed by atoms with Crippen LogP contribution in [0.5, 0.6) is 5.75 Å². The maximum Gasteiger partial charge on any atom is 0.308 e. The maximum absolute atomic E-state index is 10.8. The van der Waals surface area contributed by atoms with Crippen LogP contribution in [0.2, 0.25) is 0 Å². The van der Waals surface area contributed by atoms with Crippen LogP contribution >= 0.6 is 0 Å². The fourth-order valence-corrected chi connectivity index (χ4v) is 1.44. The van der Waals surface area contributed by atoms with Crippen molar-refractivity contribution in [2.75, 3.05) is 0 Å². The van der Waals surface area contributed by atoms with Gasteiger partial charge in [-0.2, -0.15) is 0 Å². The molecule has 0 spiro atoms. The largest absolute Gasteiger partial charge is 0.427 e. The SMILES string of the molecule is CC(=O)Oc1ccc(C)c(CC(C)N)c1. The molecule has 1 aromatic rings. The Hall–Kier alpha value is -1.35. The molecule has 0 radical (unpaired) electrons. The van der Waals surface area contributed by atoms with E-state index in [2.05, 4.69) is 0 Å². The Morgan fingerprint density at radius 2 is 2.20 bits per heavy atom. The van der Waals surface area contributed by atoms with Crippen LogP contribution in [0.25, 0.3) is 0 Å². The van der Waals surface area contributed by atoms with E-state index in [1.54, 1.807) is 6.07 Å². The second-order valence-corrected chi connectivity index (χ2v) is 3.86. The number of nitrogens with two attached hydrogens (primary N) is 1. The Morgan fingerprint density at radius 3 is 2.73 bits per heavy atom. The second kappa shape index (κ2) is 4.94. The van der Waals surface area contributed by atoms with Crippen molar-refractivity contribution in [3.8, 4) is 5.75 Å². The normalized spacial score (nSPS) is 12.3. The smallest absolute Gasteiger partial charge is 0.308 e. The van der Waals surface area contributed by atoms with Crippen molar-refractivity contribution in [1.82, 2.24) is 0 Å². The van der Waals surface area contributed by atoms with E-state index in [9.17, 15) is 4.79 Å². The molecule has 2 N–H and O–H groups in total. The Kier molecular flexibility index (Phi) is 3.86. The number of hydrogen-bond acceptors (Lipinski definition) is 3. The zero-order valence-corrected chi connectivity index (χ0v) is 9.41. The molecule has 15 heavy (non-hydrogen) atoms. The average molecular weight is 207 g/mol. The molecule has 1 rings (SSSR count). The zero-order valence-electron chi connectivity index (χ0n) is 9.41. The van der Waals surface area contributed by atoms with Crippen molar-refractivity contribution >= 4 is 5.97 Å². The monoisotopic (exact) mass is 207 g/mol. The summed E-state index contributed by atoms with van der Waals surface area (Å²) in [6.07, 6.45) is 0.793. The Morgan fingerprint density at radius 1 is 1.53 bits per heavy atom. The van der Waals surface area contributed by atoms with Gasteiger partial charge < -0.3 is 10.5 Å². The molecular formula is C12H17NO2. The minimum Gasteiger partial charge on any atom is -0.427 e. The molecule has 3 nitrogen and oxygen atoms in total. The number of ether oxygens (including phenoxy) is 1. The lowest BCUT2D eigenvalue weighted by atomic mass is 10.0. The van der Waals surface area contributed by atoms with Gasteiger partial charge in [-0.1, -0.05) is 6.07 Å². The minimum atomic E-state index is -0.300. The summed E-state index contributed by atoms with van der Waals surface area (Å²) in [5.74, 6) is 0.286. The standard InChI is InChI=1S/C12H17NO2/c1-8-4-5-12(15-10(3)14)7-11(8)6-9(2)13/h4-5,7,9H,6,13H2,1-3H3. The van der Waals surface area contributed by atoms with Gasteiger partial charge in [-0.25, -0.2) is 0 Å². The Labute approximate surface area is 90.2 Å². The molecule has 0 aliphatic heterocycles. The van der Waals surface area contributed by atoms with Gasteiger partial charge in [-0.3, -0.25) is 4.79 Å². The van der Waals surface area contributed by atoms with Crippen LogP contribution in [0, 0.1) is 6.92 Å². The molecule has 1 unspecified atom stereocenters. The van der Waals surface area contributed by atoms with Crippen LogP contribution in [-0.4, -0.2) is 12.0 Å². The Bertz CT molecular complexity index is 359. The number of carbonyl (C=O) groups is 1. The van der Waals surface area contributed by atoms with Gasteiger partial charge in [0.05, 0.1) is 0 Å². The second-order valence-electron chi connectivity index (χ2n) is 3.86. The fourth-order valence-electron chi connectivity index (χ4n) is 1.44. The lowest BCUT2D eigenvalue weighted by Gasteiger charge is -2.10. The summed E-state index contributed by atoms with van der Waals surface area (Å²) in [5, 5.41) is 0.